The van der Waals surface area contributed by atoms with Crippen LogP contribution >= 0.6 is 0 Å². The molecule has 1 atom stereocenters. The predicted molar refractivity (Wildman–Crippen MR) is 103 cm³/mol. The molecule has 2 aromatic heterocycles. The molecule has 0 radical (unpaired) electrons. The summed E-state index contributed by atoms with van der Waals surface area (Å²) < 4.78 is 8.49. The number of nitrogens with one attached hydrogen (secondary N) is 1. The lowest BCUT2D eigenvalue weighted by molar-refractivity contribution is 0.413. The minimum atomic E-state index is -0.147. The molecule has 0 bridgehead atoms. The van der Waals surface area contributed by atoms with E-state index in [9.17, 15) is 4.79 Å². The molecule has 1 aromatic carbocycles. The molecule has 7 nitrogen and oxygen atoms in total. The van der Waals surface area contributed by atoms with E-state index in [-0.39, 0.29) is 11.6 Å². The van der Waals surface area contributed by atoms with Crippen LogP contribution in [0.5, 0.6) is 5.75 Å². The van der Waals surface area contributed by atoms with Crippen LogP contribution in [0.25, 0.3) is 5.69 Å². The summed E-state index contributed by atoms with van der Waals surface area (Å²) in [7, 11) is 1.61. The molecular weight excluding hydrogens is 342 g/mol. The van der Waals surface area contributed by atoms with Gasteiger partial charge in [0.1, 0.15) is 11.6 Å². The summed E-state index contributed by atoms with van der Waals surface area (Å²) in [6, 6.07) is 13.3. The second-order valence-electron chi connectivity index (χ2n) is 6.70. The first kappa shape index (κ1) is 17.5. The number of para-hydroxylation sites is 1. The highest BCUT2D eigenvalue weighted by Gasteiger charge is 2.25. The minimum Gasteiger partial charge on any atom is -0.497 e. The van der Waals surface area contributed by atoms with Crippen LogP contribution in [0, 0.1) is 0 Å². The maximum Gasteiger partial charge on any atom is 0.350 e. The number of aromatic nitrogens is 4. The molecule has 0 spiro atoms. The summed E-state index contributed by atoms with van der Waals surface area (Å²) >= 11 is 0. The zero-order valence-electron chi connectivity index (χ0n) is 15.3. The summed E-state index contributed by atoms with van der Waals surface area (Å²) in [6.45, 7) is 2.16. The van der Waals surface area contributed by atoms with Gasteiger partial charge in [-0.25, -0.2) is 14.0 Å². The van der Waals surface area contributed by atoms with Crippen LogP contribution in [-0.2, 0) is 6.54 Å². The molecule has 0 saturated carbocycles. The average Bonchev–Trinajstić information content (AvgIpc) is 3.05. The summed E-state index contributed by atoms with van der Waals surface area (Å²) in [6.07, 6.45) is 3.78. The second kappa shape index (κ2) is 7.75. The number of methoxy groups -OCH3 is 1. The van der Waals surface area contributed by atoms with Crippen molar-refractivity contribution in [3.8, 4) is 11.4 Å². The highest BCUT2D eigenvalue weighted by atomic mass is 16.5. The highest BCUT2D eigenvalue weighted by molar-refractivity contribution is 5.33. The van der Waals surface area contributed by atoms with E-state index in [0.29, 0.717) is 12.3 Å². The number of hydrogen-bond donors (Lipinski definition) is 1. The van der Waals surface area contributed by atoms with Crippen molar-refractivity contribution in [1.82, 2.24) is 24.6 Å². The van der Waals surface area contributed by atoms with Gasteiger partial charge in [0.2, 0.25) is 0 Å². The van der Waals surface area contributed by atoms with Crippen LogP contribution in [0.15, 0.2) is 53.5 Å². The van der Waals surface area contributed by atoms with Crippen molar-refractivity contribution in [2.75, 3.05) is 20.2 Å². The van der Waals surface area contributed by atoms with E-state index in [1.807, 2.05) is 36.4 Å². The van der Waals surface area contributed by atoms with Crippen LogP contribution in [0.3, 0.4) is 0 Å². The van der Waals surface area contributed by atoms with Crippen molar-refractivity contribution in [3.63, 3.8) is 0 Å². The first-order chi connectivity index (χ1) is 13.3. The third kappa shape index (κ3) is 3.64. The number of benzene rings is 1. The summed E-state index contributed by atoms with van der Waals surface area (Å²) in [5.74, 6) is 1.74. The first-order valence-corrected chi connectivity index (χ1v) is 9.21. The fourth-order valence-electron chi connectivity index (χ4n) is 3.51. The van der Waals surface area contributed by atoms with Crippen molar-refractivity contribution in [3.05, 3.63) is 70.7 Å². The number of pyridine rings is 1. The van der Waals surface area contributed by atoms with Crippen molar-refractivity contribution in [2.24, 2.45) is 0 Å². The Bertz CT molecular complexity index is 958. The van der Waals surface area contributed by atoms with Gasteiger partial charge >= 0.3 is 5.69 Å². The van der Waals surface area contributed by atoms with Gasteiger partial charge in [0.25, 0.3) is 0 Å². The normalized spacial score (nSPS) is 17.0. The Morgan fingerprint density at radius 1 is 1.26 bits per heavy atom. The van der Waals surface area contributed by atoms with Gasteiger partial charge < -0.3 is 10.1 Å². The molecule has 3 heterocycles. The Morgan fingerprint density at radius 2 is 2.11 bits per heavy atom. The van der Waals surface area contributed by atoms with E-state index < -0.39 is 0 Å². The Hall–Kier alpha value is -2.93. The van der Waals surface area contributed by atoms with E-state index in [1.165, 1.54) is 4.68 Å². The SMILES string of the molecule is COc1ccnc(Cn2nc(C3CCCNC3)n(-c3ccccc3)c2=O)c1. The topological polar surface area (TPSA) is 74.0 Å². The average molecular weight is 365 g/mol. The van der Waals surface area contributed by atoms with Gasteiger partial charge in [0, 0.05) is 24.7 Å². The van der Waals surface area contributed by atoms with Crippen molar-refractivity contribution >= 4 is 0 Å². The number of rotatable bonds is 5. The molecule has 0 aliphatic carbocycles. The fraction of sp³-hybridized carbons (Fsp3) is 0.350. The predicted octanol–water partition coefficient (Wildman–Crippen LogP) is 1.95. The first-order valence-electron chi connectivity index (χ1n) is 9.21. The number of nitrogens with zero attached hydrogens (tertiary/aromatic N) is 4. The molecule has 1 fully saturated rings. The van der Waals surface area contributed by atoms with Crippen LogP contribution in [0.1, 0.15) is 30.3 Å². The third-order valence-corrected chi connectivity index (χ3v) is 4.88. The van der Waals surface area contributed by atoms with Crippen molar-refractivity contribution in [1.29, 1.82) is 0 Å². The quantitative estimate of drug-likeness (QED) is 0.748. The fourth-order valence-corrected chi connectivity index (χ4v) is 3.51. The van der Waals surface area contributed by atoms with Gasteiger partial charge in [0.05, 0.1) is 25.0 Å². The van der Waals surface area contributed by atoms with Crippen LogP contribution < -0.4 is 15.7 Å². The zero-order chi connectivity index (χ0) is 18.6. The van der Waals surface area contributed by atoms with Gasteiger partial charge in [-0.05, 0) is 37.6 Å². The lowest BCUT2D eigenvalue weighted by Gasteiger charge is -2.22. The van der Waals surface area contributed by atoms with Crippen LogP contribution in [-0.4, -0.2) is 39.5 Å². The van der Waals surface area contributed by atoms with E-state index >= 15 is 0 Å². The molecule has 1 N–H and O–H groups in total. The van der Waals surface area contributed by atoms with Gasteiger partial charge in [-0.1, -0.05) is 18.2 Å². The van der Waals surface area contributed by atoms with Crippen LogP contribution in [0.4, 0.5) is 0 Å². The van der Waals surface area contributed by atoms with E-state index in [1.54, 1.807) is 23.9 Å². The van der Waals surface area contributed by atoms with E-state index in [2.05, 4.69) is 10.3 Å². The van der Waals surface area contributed by atoms with Gasteiger partial charge in [-0.15, -0.1) is 0 Å². The molecule has 3 aromatic rings. The standard InChI is InChI=1S/C20H23N5O2/c1-27-18-9-11-22-16(12-18)14-24-20(26)25(17-7-3-2-4-8-17)19(23-24)15-6-5-10-21-13-15/h2-4,7-9,11-12,15,21H,5-6,10,13-14H2,1H3. The molecule has 0 amide bonds. The molecule has 1 aliphatic rings. The van der Waals surface area contributed by atoms with Crippen LogP contribution in [0.2, 0.25) is 0 Å². The lowest BCUT2D eigenvalue weighted by atomic mass is 9.99. The van der Waals surface area contributed by atoms with Gasteiger partial charge in [-0.3, -0.25) is 4.98 Å². The number of piperidine rings is 1. The maximum atomic E-state index is 13.2. The highest BCUT2D eigenvalue weighted by Crippen LogP contribution is 2.23. The number of hydrogen-bond acceptors (Lipinski definition) is 5. The van der Waals surface area contributed by atoms with Crippen molar-refractivity contribution in [2.45, 2.75) is 25.3 Å². The van der Waals surface area contributed by atoms with Crippen molar-refractivity contribution < 1.29 is 4.74 Å². The van der Waals surface area contributed by atoms with E-state index in [4.69, 9.17) is 9.84 Å². The molecule has 27 heavy (non-hydrogen) atoms. The smallest absolute Gasteiger partial charge is 0.350 e. The van der Waals surface area contributed by atoms with Gasteiger partial charge in [0.15, 0.2) is 0 Å². The van der Waals surface area contributed by atoms with E-state index in [0.717, 1.165) is 43.1 Å². The Balaban J connectivity index is 1.76. The minimum absolute atomic E-state index is 0.147. The Labute approximate surface area is 157 Å². The molecular formula is C20H23N5O2. The third-order valence-electron chi connectivity index (χ3n) is 4.88. The molecule has 4 rings (SSSR count). The molecule has 140 valence electrons. The Morgan fingerprint density at radius 3 is 2.85 bits per heavy atom. The largest absolute Gasteiger partial charge is 0.497 e. The second-order valence-corrected chi connectivity index (χ2v) is 6.70. The molecule has 7 heteroatoms. The summed E-state index contributed by atoms with van der Waals surface area (Å²) in [4.78, 5) is 17.5. The molecule has 1 unspecified atom stereocenters. The molecule has 1 aliphatic heterocycles. The molecule has 1 saturated heterocycles. The summed E-state index contributed by atoms with van der Waals surface area (Å²) in [5.41, 5.74) is 1.43. The lowest BCUT2D eigenvalue weighted by Crippen LogP contribution is -2.31. The Kier molecular flexibility index (Phi) is 5.02. The monoisotopic (exact) mass is 365 g/mol. The van der Waals surface area contributed by atoms with Gasteiger partial charge in [-0.2, -0.15) is 5.10 Å². The zero-order valence-corrected chi connectivity index (χ0v) is 15.3. The number of ether oxygens (including phenoxy) is 1. The maximum absolute atomic E-state index is 13.2. The summed E-state index contributed by atoms with van der Waals surface area (Å²) in [5, 5.41) is 8.12.